The van der Waals surface area contributed by atoms with Crippen LogP contribution in [0, 0.1) is 0 Å². The molecule has 7 nitrogen and oxygen atoms in total. The maximum atomic E-state index is 14.3. The Bertz CT molecular complexity index is 1540. The van der Waals surface area contributed by atoms with Crippen molar-refractivity contribution in [2.75, 3.05) is 17.1 Å². The molecule has 1 aliphatic carbocycles. The maximum absolute atomic E-state index is 14.3. The summed E-state index contributed by atoms with van der Waals surface area (Å²) in [6, 6.07) is 18.6. The van der Waals surface area contributed by atoms with E-state index in [9.17, 15) is 18.0 Å². The van der Waals surface area contributed by atoms with Crippen molar-refractivity contribution in [3.8, 4) is 0 Å². The Morgan fingerprint density at radius 2 is 1.53 bits per heavy atom. The minimum absolute atomic E-state index is 0.0155. The number of carbonyl (C=O) groups excluding carboxylic acids is 2. The Morgan fingerprint density at radius 3 is 2.16 bits per heavy atom. The van der Waals surface area contributed by atoms with E-state index in [4.69, 9.17) is 34.8 Å². The Balaban J connectivity index is 1.74. The molecule has 0 aromatic heterocycles. The lowest BCUT2D eigenvalue weighted by Crippen LogP contribution is -2.55. The molecule has 1 saturated carbocycles. The second-order valence-electron chi connectivity index (χ2n) is 10.7. The van der Waals surface area contributed by atoms with Crippen molar-refractivity contribution in [3.63, 3.8) is 0 Å². The van der Waals surface area contributed by atoms with Crippen LogP contribution in [0.5, 0.6) is 0 Å². The summed E-state index contributed by atoms with van der Waals surface area (Å²) in [5.74, 6) is -0.852. The fraction of sp³-hybridized carbons (Fsp3) is 0.355. The van der Waals surface area contributed by atoms with E-state index in [-0.39, 0.29) is 45.7 Å². The number of amides is 2. The smallest absolute Gasteiger partial charge is 0.244 e. The predicted molar refractivity (Wildman–Crippen MR) is 177 cm³/mol. The van der Waals surface area contributed by atoms with Crippen LogP contribution in [0.3, 0.4) is 0 Å². The van der Waals surface area contributed by atoms with Gasteiger partial charge in [-0.3, -0.25) is 13.9 Å². The molecule has 0 bridgehead atoms. The van der Waals surface area contributed by atoms with Crippen LogP contribution in [0.2, 0.25) is 15.1 Å². The summed E-state index contributed by atoms with van der Waals surface area (Å²) in [5.41, 5.74) is 1.66. The lowest BCUT2D eigenvalue weighted by atomic mass is 9.94. The van der Waals surface area contributed by atoms with Crippen molar-refractivity contribution in [2.45, 2.75) is 57.2 Å². The molecule has 230 valence electrons. The Hall–Kier alpha value is -2.30. The average molecular weight is 730 g/mol. The first-order chi connectivity index (χ1) is 20.4. The number of hydrogen-bond donors (Lipinski definition) is 1. The van der Waals surface area contributed by atoms with Crippen LogP contribution >= 0.6 is 50.7 Å². The molecule has 3 aromatic rings. The summed E-state index contributed by atoms with van der Waals surface area (Å²) in [7, 11) is -4.01. The van der Waals surface area contributed by atoms with Crippen molar-refractivity contribution in [2.24, 2.45) is 0 Å². The zero-order valence-electron chi connectivity index (χ0n) is 23.6. The molecular formula is C31H33BrCl3N3O4S. The van der Waals surface area contributed by atoms with Crippen molar-refractivity contribution in [1.29, 1.82) is 0 Å². The van der Waals surface area contributed by atoms with Gasteiger partial charge >= 0.3 is 0 Å². The number of sulfonamides is 1. The first-order valence-electron chi connectivity index (χ1n) is 13.9. The molecule has 1 fully saturated rings. The second kappa shape index (κ2) is 15.1. The highest BCUT2D eigenvalue weighted by atomic mass is 79.9. The third-order valence-corrected chi connectivity index (χ3v) is 10.1. The van der Waals surface area contributed by atoms with E-state index in [2.05, 4.69) is 21.2 Å². The molecule has 0 radical (unpaired) electrons. The zero-order valence-corrected chi connectivity index (χ0v) is 28.3. The summed E-state index contributed by atoms with van der Waals surface area (Å²) >= 11 is 22.1. The zero-order chi connectivity index (χ0) is 31.1. The molecule has 0 unspecified atom stereocenters. The monoisotopic (exact) mass is 727 g/mol. The maximum Gasteiger partial charge on any atom is 0.244 e. The number of carbonyl (C=O) groups is 2. The SMILES string of the molecule is CS(=O)(=O)N(CC(=O)N(Cc1ccc(Br)cc1)[C@H](Cc1ccccc1)C(=O)NC1CCCCC1)c1cc(Cl)c(Cl)cc1Cl. The van der Waals surface area contributed by atoms with Gasteiger partial charge in [-0.1, -0.05) is 112 Å². The van der Waals surface area contributed by atoms with E-state index >= 15 is 0 Å². The fourth-order valence-corrected chi connectivity index (χ4v) is 6.99. The average Bonchev–Trinajstić information content (AvgIpc) is 2.97. The van der Waals surface area contributed by atoms with Gasteiger partial charge in [0.15, 0.2) is 0 Å². The standard InChI is InChI=1S/C31H33BrCl3N3O4S/c1-43(41,42)38(28-18-26(34)25(33)17-27(28)35)20-30(39)37(19-22-12-14-23(32)15-13-22)29(16-21-8-4-2-5-9-21)31(40)36-24-10-6-3-7-11-24/h2,4-5,8-9,12-15,17-18,24,29H,3,6-7,10-11,16,19-20H2,1H3,(H,36,40)/t29-/m1/s1. The van der Waals surface area contributed by atoms with Gasteiger partial charge in [-0.25, -0.2) is 8.42 Å². The van der Waals surface area contributed by atoms with Crippen molar-refractivity contribution in [1.82, 2.24) is 10.2 Å². The normalized spacial score (nSPS) is 14.6. The van der Waals surface area contributed by atoms with Gasteiger partial charge in [-0.05, 0) is 48.2 Å². The summed E-state index contributed by atoms with van der Waals surface area (Å²) in [4.78, 5) is 29.7. The van der Waals surface area contributed by atoms with Crippen LogP contribution in [0.4, 0.5) is 5.69 Å². The van der Waals surface area contributed by atoms with Gasteiger partial charge in [0, 0.05) is 23.5 Å². The van der Waals surface area contributed by atoms with E-state index < -0.39 is 28.5 Å². The van der Waals surface area contributed by atoms with Gasteiger partial charge in [-0.15, -0.1) is 0 Å². The molecule has 43 heavy (non-hydrogen) atoms. The minimum atomic E-state index is -4.01. The van der Waals surface area contributed by atoms with E-state index in [1.54, 1.807) is 0 Å². The van der Waals surface area contributed by atoms with Crippen molar-refractivity contribution in [3.05, 3.63) is 97.4 Å². The predicted octanol–water partition coefficient (Wildman–Crippen LogP) is 7.26. The first-order valence-corrected chi connectivity index (χ1v) is 17.7. The summed E-state index contributed by atoms with van der Waals surface area (Å²) in [6.45, 7) is -0.524. The van der Waals surface area contributed by atoms with Crippen LogP contribution < -0.4 is 9.62 Å². The number of nitrogens with zero attached hydrogens (tertiary/aromatic N) is 2. The number of benzene rings is 3. The third kappa shape index (κ3) is 9.35. The molecule has 1 atom stereocenters. The van der Waals surface area contributed by atoms with Crippen LogP contribution in [-0.2, 0) is 32.6 Å². The van der Waals surface area contributed by atoms with E-state index in [1.807, 2.05) is 54.6 Å². The molecule has 3 aromatic carbocycles. The first kappa shape index (κ1) is 33.6. The highest BCUT2D eigenvalue weighted by Crippen LogP contribution is 2.36. The third-order valence-electron chi connectivity index (χ3n) is 7.43. The number of rotatable bonds is 11. The van der Waals surface area contributed by atoms with E-state index in [0.29, 0.717) is 0 Å². The molecule has 0 heterocycles. The molecule has 1 N–H and O–H groups in total. The van der Waals surface area contributed by atoms with E-state index in [0.717, 1.165) is 58.3 Å². The number of halogens is 4. The Kier molecular flexibility index (Phi) is 11.8. The van der Waals surface area contributed by atoms with Gasteiger partial charge in [0.2, 0.25) is 21.8 Å². The molecule has 2 amide bonds. The van der Waals surface area contributed by atoms with Crippen LogP contribution in [-0.4, -0.2) is 50.0 Å². The number of nitrogens with one attached hydrogen (secondary N) is 1. The highest BCUT2D eigenvalue weighted by Gasteiger charge is 2.34. The molecule has 4 rings (SSSR count). The summed E-state index contributed by atoms with van der Waals surface area (Å²) in [6.07, 6.45) is 6.17. The molecule has 0 spiro atoms. The molecule has 0 aliphatic heterocycles. The number of anilines is 1. The molecular weight excluding hydrogens is 697 g/mol. The van der Waals surface area contributed by atoms with Crippen LogP contribution in [0.15, 0.2) is 71.2 Å². The van der Waals surface area contributed by atoms with Crippen molar-refractivity contribution < 1.29 is 18.0 Å². The summed E-state index contributed by atoms with van der Waals surface area (Å²) < 4.78 is 27.8. The molecule has 1 aliphatic rings. The van der Waals surface area contributed by atoms with Crippen molar-refractivity contribution >= 4 is 78.3 Å². The Morgan fingerprint density at radius 1 is 0.907 bits per heavy atom. The van der Waals surface area contributed by atoms with Gasteiger partial charge in [0.05, 0.1) is 27.0 Å². The highest BCUT2D eigenvalue weighted by molar-refractivity contribution is 9.10. The second-order valence-corrected chi connectivity index (χ2v) is 14.7. The van der Waals surface area contributed by atoms with Gasteiger partial charge in [-0.2, -0.15) is 0 Å². The van der Waals surface area contributed by atoms with Crippen LogP contribution in [0.25, 0.3) is 0 Å². The largest absolute Gasteiger partial charge is 0.352 e. The number of hydrogen-bond acceptors (Lipinski definition) is 4. The Labute approximate surface area is 276 Å². The molecule has 0 saturated heterocycles. The lowest BCUT2D eigenvalue weighted by molar-refractivity contribution is -0.140. The van der Waals surface area contributed by atoms with Gasteiger partial charge < -0.3 is 10.2 Å². The van der Waals surface area contributed by atoms with Gasteiger partial charge in [0.1, 0.15) is 12.6 Å². The lowest BCUT2D eigenvalue weighted by Gasteiger charge is -2.35. The van der Waals surface area contributed by atoms with Gasteiger partial charge in [0.25, 0.3) is 0 Å². The van der Waals surface area contributed by atoms with Crippen LogP contribution in [0.1, 0.15) is 43.2 Å². The topological polar surface area (TPSA) is 86.8 Å². The minimum Gasteiger partial charge on any atom is -0.352 e. The summed E-state index contributed by atoms with van der Waals surface area (Å²) in [5, 5.41) is 3.43. The molecule has 12 heteroatoms. The van der Waals surface area contributed by atoms with E-state index in [1.165, 1.54) is 17.0 Å². The fourth-order valence-electron chi connectivity index (χ4n) is 5.18. The quantitative estimate of drug-likeness (QED) is 0.211.